The molecule has 0 spiro atoms. The molecule has 230 valence electrons. The van der Waals surface area contributed by atoms with Crippen LogP contribution in [0.4, 0.5) is 0 Å². The molecule has 9 rings (SSSR count). The first kappa shape index (κ1) is 28.8. The monoisotopic (exact) mass is 635 g/mol. The number of benzene rings is 7. The summed E-state index contributed by atoms with van der Waals surface area (Å²) in [7, 11) is 0. The molecule has 2 aromatic heterocycles. The van der Waals surface area contributed by atoms with Gasteiger partial charge in [0, 0.05) is 32.8 Å². The standard InChI is InChI=1S/C45H25N5/c46-26-29-22-23-43-40(24-29)39-19-9-12-32(28-48)45(39)50(43)44-31(27-47)11-8-18-38(44)35-15-2-1-14-34(35)30-10-7-13-33(25-30)49-41-20-5-3-16-36(41)37-17-4-6-21-42(37)49/h1-25H. The first-order chi connectivity index (χ1) is 24.7. The summed E-state index contributed by atoms with van der Waals surface area (Å²) in [5.41, 5.74) is 10.9. The van der Waals surface area contributed by atoms with Crippen LogP contribution in [-0.2, 0) is 0 Å². The van der Waals surface area contributed by atoms with Gasteiger partial charge in [0.25, 0.3) is 0 Å². The fourth-order valence-corrected chi connectivity index (χ4v) is 7.54. The largest absolute Gasteiger partial charge is 0.309 e. The third-order valence-corrected chi connectivity index (χ3v) is 9.63. The lowest BCUT2D eigenvalue weighted by molar-refractivity contribution is 1.16. The van der Waals surface area contributed by atoms with Gasteiger partial charge in [-0.15, -0.1) is 0 Å². The van der Waals surface area contributed by atoms with E-state index >= 15 is 0 Å². The minimum Gasteiger partial charge on any atom is -0.309 e. The number of hydrogen-bond acceptors (Lipinski definition) is 3. The average Bonchev–Trinajstić information content (AvgIpc) is 3.70. The summed E-state index contributed by atoms with van der Waals surface area (Å²) in [6, 6.07) is 57.9. The summed E-state index contributed by atoms with van der Waals surface area (Å²) < 4.78 is 4.35. The first-order valence-electron chi connectivity index (χ1n) is 16.3. The van der Waals surface area contributed by atoms with Gasteiger partial charge in [0.15, 0.2) is 0 Å². The van der Waals surface area contributed by atoms with Crippen molar-refractivity contribution in [3.05, 3.63) is 168 Å². The fourth-order valence-electron chi connectivity index (χ4n) is 7.54. The molecule has 5 nitrogen and oxygen atoms in total. The Hall–Kier alpha value is -7.39. The van der Waals surface area contributed by atoms with Gasteiger partial charge in [0.2, 0.25) is 0 Å². The van der Waals surface area contributed by atoms with Crippen molar-refractivity contribution in [3.8, 4) is 51.8 Å². The lowest BCUT2D eigenvalue weighted by atomic mass is 9.92. The van der Waals surface area contributed by atoms with Crippen LogP contribution >= 0.6 is 0 Å². The van der Waals surface area contributed by atoms with Crippen LogP contribution in [0.2, 0.25) is 0 Å². The Labute approximate surface area is 287 Å². The molecule has 0 aliphatic rings. The highest BCUT2D eigenvalue weighted by molar-refractivity contribution is 6.12. The molecule has 0 radical (unpaired) electrons. The summed E-state index contributed by atoms with van der Waals surface area (Å²) in [6.07, 6.45) is 0. The van der Waals surface area contributed by atoms with E-state index in [1.54, 1.807) is 12.1 Å². The van der Waals surface area contributed by atoms with E-state index in [1.165, 1.54) is 10.8 Å². The number of hydrogen-bond donors (Lipinski definition) is 0. The van der Waals surface area contributed by atoms with Gasteiger partial charge in [0.05, 0.1) is 50.5 Å². The zero-order chi connectivity index (χ0) is 33.8. The van der Waals surface area contributed by atoms with Crippen molar-refractivity contribution < 1.29 is 0 Å². The van der Waals surface area contributed by atoms with Crippen molar-refractivity contribution in [2.24, 2.45) is 0 Å². The van der Waals surface area contributed by atoms with Crippen molar-refractivity contribution in [3.63, 3.8) is 0 Å². The highest BCUT2D eigenvalue weighted by Crippen LogP contribution is 2.42. The highest BCUT2D eigenvalue weighted by atomic mass is 15.0. The third-order valence-electron chi connectivity index (χ3n) is 9.63. The summed E-state index contributed by atoms with van der Waals surface area (Å²) in [4.78, 5) is 0. The van der Waals surface area contributed by atoms with E-state index < -0.39 is 0 Å². The summed E-state index contributed by atoms with van der Waals surface area (Å²) in [5, 5.41) is 34.7. The second-order valence-corrected chi connectivity index (χ2v) is 12.3. The predicted molar refractivity (Wildman–Crippen MR) is 200 cm³/mol. The molecule has 0 bridgehead atoms. The van der Waals surface area contributed by atoms with E-state index in [2.05, 4.69) is 108 Å². The third kappa shape index (κ3) is 4.24. The van der Waals surface area contributed by atoms with E-state index in [1.807, 2.05) is 59.2 Å². The number of para-hydroxylation sites is 4. The van der Waals surface area contributed by atoms with Gasteiger partial charge < -0.3 is 9.13 Å². The van der Waals surface area contributed by atoms with Crippen molar-refractivity contribution in [1.82, 2.24) is 9.13 Å². The van der Waals surface area contributed by atoms with Crippen LogP contribution in [-0.4, -0.2) is 9.13 Å². The maximum atomic E-state index is 10.6. The summed E-state index contributed by atoms with van der Waals surface area (Å²) >= 11 is 0. The van der Waals surface area contributed by atoms with Crippen LogP contribution in [0.1, 0.15) is 16.7 Å². The Morgan fingerprint density at radius 1 is 0.400 bits per heavy atom. The molecule has 0 saturated carbocycles. The van der Waals surface area contributed by atoms with Crippen LogP contribution in [0.15, 0.2) is 152 Å². The molecule has 50 heavy (non-hydrogen) atoms. The van der Waals surface area contributed by atoms with Gasteiger partial charge >= 0.3 is 0 Å². The SMILES string of the molecule is N#Cc1ccc2c(c1)c1cccc(C#N)c1n2-c1c(C#N)cccc1-c1ccccc1-c1cccc(-n2c3ccccc3c3ccccc32)c1. The van der Waals surface area contributed by atoms with Gasteiger partial charge in [-0.05, 0) is 71.3 Å². The number of nitriles is 3. The number of rotatable bonds is 4. The predicted octanol–water partition coefficient (Wildman–Crippen LogP) is 10.8. The lowest BCUT2D eigenvalue weighted by Gasteiger charge is -2.19. The lowest BCUT2D eigenvalue weighted by Crippen LogP contribution is -2.02. The molecule has 7 aromatic carbocycles. The van der Waals surface area contributed by atoms with Crippen LogP contribution in [0.3, 0.4) is 0 Å². The maximum absolute atomic E-state index is 10.6. The minimum absolute atomic E-state index is 0.479. The van der Waals surface area contributed by atoms with Crippen LogP contribution in [0.25, 0.3) is 77.2 Å². The number of fused-ring (bicyclic) bond motifs is 6. The van der Waals surface area contributed by atoms with Gasteiger partial charge in [-0.25, -0.2) is 0 Å². The molecule has 0 amide bonds. The Balaban J connectivity index is 1.32. The second-order valence-electron chi connectivity index (χ2n) is 12.3. The Kier molecular flexibility index (Phi) is 6.56. The molecular weight excluding hydrogens is 611 g/mol. The highest BCUT2D eigenvalue weighted by Gasteiger charge is 2.23. The van der Waals surface area contributed by atoms with Crippen molar-refractivity contribution in [2.75, 3.05) is 0 Å². The van der Waals surface area contributed by atoms with Crippen LogP contribution < -0.4 is 0 Å². The molecule has 9 aromatic rings. The van der Waals surface area contributed by atoms with Gasteiger partial charge in [0.1, 0.15) is 12.1 Å². The van der Waals surface area contributed by atoms with Crippen molar-refractivity contribution >= 4 is 43.6 Å². The Morgan fingerprint density at radius 2 is 1.00 bits per heavy atom. The van der Waals surface area contributed by atoms with E-state index in [9.17, 15) is 15.8 Å². The molecule has 0 fully saturated rings. The quantitative estimate of drug-likeness (QED) is 0.193. The van der Waals surface area contributed by atoms with Gasteiger partial charge in [-0.1, -0.05) is 97.1 Å². The summed E-state index contributed by atoms with van der Waals surface area (Å²) in [6.45, 7) is 0. The molecular formula is C45H25N5. The smallest absolute Gasteiger partial charge is 0.101 e. The average molecular weight is 636 g/mol. The first-order valence-corrected chi connectivity index (χ1v) is 16.3. The molecule has 0 aliphatic carbocycles. The van der Waals surface area contributed by atoms with Crippen molar-refractivity contribution in [1.29, 1.82) is 15.8 Å². The normalized spacial score (nSPS) is 11.1. The zero-order valence-electron chi connectivity index (χ0n) is 26.7. The number of nitrogens with zero attached hydrogens (tertiary/aromatic N) is 5. The fraction of sp³-hybridized carbons (Fsp3) is 0. The summed E-state index contributed by atoms with van der Waals surface area (Å²) in [5.74, 6) is 0. The Morgan fingerprint density at radius 3 is 1.74 bits per heavy atom. The maximum Gasteiger partial charge on any atom is 0.101 e. The topological polar surface area (TPSA) is 81.2 Å². The van der Waals surface area contributed by atoms with E-state index in [4.69, 9.17) is 0 Å². The minimum atomic E-state index is 0.479. The molecule has 2 heterocycles. The second kappa shape index (κ2) is 11.4. The van der Waals surface area contributed by atoms with Crippen LogP contribution in [0.5, 0.6) is 0 Å². The zero-order valence-corrected chi connectivity index (χ0v) is 26.7. The molecule has 0 N–H and O–H groups in total. The number of aromatic nitrogens is 2. The van der Waals surface area contributed by atoms with Crippen LogP contribution in [0, 0.1) is 34.0 Å². The Bertz CT molecular complexity index is 2920. The molecule has 5 heteroatoms. The van der Waals surface area contributed by atoms with Gasteiger partial charge in [-0.2, -0.15) is 15.8 Å². The molecule has 0 aliphatic heterocycles. The molecule has 0 atom stereocenters. The van der Waals surface area contributed by atoms with E-state index in [0.29, 0.717) is 27.9 Å². The van der Waals surface area contributed by atoms with E-state index in [-0.39, 0.29) is 0 Å². The van der Waals surface area contributed by atoms with E-state index in [0.717, 1.165) is 55.3 Å². The van der Waals surface area contributed by atoms with Gasteiger partial charge in [-0.3, -0.25) is 0 Å². The molecule has 0 unspecified atom stereocenters. The molecule has 0 saturated heterocycles. The van der Waals surface area contributed by atoms with Crippen molar-refractivity contribution in [2.45, 2.75) is 0 Å².